The molecule has 0 aliphatic heterocycles. The van der Waals surface area contributed by atoms with Gasteiger partial charge in [-0.2, -0.15) is 26.3 Å². The smallest absolute Gasteiger partial charge is 0.435 e. The van der Waals surface area contributed by atoms with Crippen LogP contribution in [0.15, 0.2) is 18.2 Å². The Bertz CT molecular complexity index is 883. The van der Waals surface area contributed by atoms with Crippen LogP contribution in [0.2, 0.25) is 0 Å². The molecule has 1 amide bonds. The lowest BCUT2D eigenvalue weighted by Crippen LogP contribution is -2.67. The third kappa shape index (κ3) is 9.12. The number of amides is 1. The minimum atomic E-state index is -6.09. The zero-order chi connectivity index (χ0) is 30.0. The number of hydrogen-bond donors (Lipinski definition) is 3. The second-order valence-corrected chi connectivity index (χ2v) is 9.45. The third-order valence-corrected chi connectivity index (χ3v) is 6.38. The Morgan fingerprint density at radius 2 is 1.64 bits per heavy atom. The Kier molecular flexibility index (Phi) is 13.3. The second kappa shape index (κ2) is 14.9. The molecule has 8 nitrogen and oxygen atoms in total. The number of aliphatic hydroxyl groups excluding tert-OH is 1. The number of carbonyl (C=O) groups is 1. The topological polar surface area (TPSA) is 112 Å². The minimum Gasteiger partial charge on any atom is -0.493 e. The summed E-state index contributed by atoms with van der Waals surface area (Å²) in [6.45, 7) is 3.81. The van der Waals surface area contributed by atoms with Crippen molar-refractivity contribution in [1.29, 1.82) is 0 Å². The molecule has 0 bridgehead atoms. The average molecular weight is 577 g/mol. The largest absolute Gasteiger partial charge is 0.493 e. The average Bonchev–Trinajstić information content (AvgIpc) is 2.83. The molecule has 226 valence electrons. The van der Waals surface area contributed by atoms with Crippen LogP contribution in [-0.4, -0.2) is 82.2 Å². The van der Waals surface area contributed by atoms with Crippen molar-refractivity contribution < 1.29 is 55.2 Å². The van der Waals surface area contributed by atoms with Gasteiger partial charge in [0.1, 0.15) is 0 Å². The summed E-state index contributed by atoms with van der Waals surface area (Å²) >= 11 is 0. The SMILES string of the molecule is COCCCOc1cc(C[C@@H](C[C@H](N)[C@@H](O)CNC(=O)C(OC)(C(F)(F)F)C(F)(F)F)C(C)C)ccc1OC. The predicted molar refractivity (Wildman–Crippen MR) is 130 cm³/mol. The maximum absolute atomic E-state index is 13.2. The number of nitrogens with one attached hydrogen (secondary N) is 1. The van der Waals surface area contributed by atoms with Crippen molar-refractivity contribution in [3.63, 3.8) is 0 Å². The van der Waals surface area contributed by atoms with Gasteiger partial charge in [0, 0.05) is 39.8 Å². The second-order valence-electron chi connectivity index (χ2n) is 9.45. The highest BCUT2D eigenvalue weighted by Gasteiger charge is 2.77. The maximum Gasteiger partial charge on any atom is 0.435 e. The predicted octanol–water partition coefficient (Wildman–Crippen LogP) is 3.63. The van der Waals surface area contributed by atoms with Crippen molar-refractivity contribution in [2.24, 2.45) is 17.6 Å². The van der Waals surface area contributed by atoms with Gasteiger partial charge in [-0.25, -0.2) is 0 Å². The van der Waals surface area contributed by atoms with Gasteiger partial charge in [-0.1, -0.05) is 19.9 Å². The Balaban J connectivity index is 2.92. The highest BCUT2D eigenvalue weighted by Crippen LogP contribution is 2.45. The van der Waals surface area contributed by atoms with Crippen LogP contribution in [0.3, 0.4) is 0 Å². The van der Waals surface area contributed by atoms with E-state index in [9.17, 15) is 36.2 Å². The third-order valence-electron chi connectivity index (χ3n) is 6.38. The first-order valence-corrected chi connectivity index (χ1v) is 12.2. The van der Waals surface area contributed by atoms with E-state index in [4.69, 9.17) is 19.9 Å². The zero-order valence-electron chi connectivity index (χ0n) is 22.6. The fourth-order valence-electron chi connectivity index (χ4n) is 3.96. The summed E-state index contributed by atoms with van der Waals surface area (Å²) in [7, 11) is 3.22. The molecule has 14 heteroatoms. The van der Waals surface area contributed by atoms with E-state index < -0.39 is 42.6 Å². The number of rotatable bonds is 16. The molecule has 0 radical (unpaired) electrons. The van der Waals surface area contributed by atoms with Crippen LogP contribution in [0.25, 0.3) is 0 Å². The number of halogens is 6. The van der Waals surface area contributed by atoms with Crippen LogP contribution in [0, 0.1) is 11.8 Å². The zero-order valence-corrected chi connectivity index (χ0v) is 22.6. The molecule has 39 heavy (non-hydrogen) atoms. The molecule has 0 aromatic heterocycles. The fourth-order valence-corrected chi connectivity index (χ4v) is 3.96. The van der Waals surface area contributed by atoms with Crippen LogP contribution >= 0.6 is 0 Å². The molecule has 0 aliphatic rings. The van der Waals surface area contributed by atoms with E-state index >= 15 is 0 Å². The van der Waals surface area contributed by atoms with E-state index in [1.165, 1.54) is 12.4 Å². The lowest BCUT2D eigenvalue weighted by molar-refractivity contribution is -0.357. The molecule has 3 atom stereocenters. The lowest BCUT2D eigenvalue weighted by Gasteiger charge is -2.34. The summed E-state index contributed by atoms with van der Waals surface area (Å²) in [5.74, 6) is -1.53. The molecule has 4 N–H and O–H groups in total. The number of nitrogens with two attached hydrogens (primary N) is 1. The summed E-state index contributed by atoms with van der Waals surface area (Å²) in [4.78, 5) is 12.0. The molecule has 0 fully saturated rings. The maximum atomic E-state index is 13.2. The lowest BCUT2D eigenvalue weighted by atomic mass is 9.83. The summed E-state index contributed by atoms with van der Waals surface area (Å²) in [5, 5.41) is 11.9. The van der Waals surface area contributed by atoms with Crippen molar-refractivity contribution in [3.8, 4) is 11.5 Å². The van der Waals surface area contributed by atoms with Crippen LogP contribution in [-0.2, 0) is 20.7 Å². The molecule has 1 aromatic carbocycles. The van der Waals surface area contributed by atoms with Crippen molar-refractivity contribution in [1.82, 2.24) is 5.32 Å². The van der Waals surface area contributed by atoms with E-state index in [1.54, 1.807) is 13.2 Å². The van der Waals surface area contributed by atoms with Crippen LogP contribution in [0.1, 0.15) is 32.3 Å². The first-order valence-electron chi connectivity index (χ1n) is 12.2. The molecular formula is C25H38F6N2O6. The Morgan fingerprint density at radius 3 is 2.13 bits per heavy atom. The van der Waals surface area contributed by atoms with Gasteiger partial charge in [-0.05, 0) is 42.4 Å². The monoisotopic (exact) mass is 576 g/mol. The Hall–Kier alpha value is -2.29. The van der Waals surface area contributed by atoms with E-state index in [0.717, 1.165) is 5.56 Å². The van der Waals surface area contributed by atoms with E-state index in [2.05, 4.69) is 4.74 Å². The van der Waals surface area contributed by atoms with Gasteiger partial charge in [-0.15, -0.1) is 0 Å². The van der Waals surface area contributed by atoms with E-state index in [1.807, 2.05) is 26.0 Å². The van der Waals surface area contributed by atoms with Gasteiger partial charge in [0.2, 0.25) is 0 Å². The number of alkyl halides is 6. The van der Waals surface area contributed by atoms with Crippen molar-refractivity contribution in [3.05, 3.63) is 23.8 Å². The molecule has 0 unspecified atom stereocenters. The van der Waals surface area contributed by atoms with Gasteiger partial charge < -0.3 is 35.1 Å². The highest BCUT2D eigenvalue weighted by atomic mass is 19.4. The summed E-state index contributed by atoms with van der Waals surface area (Å²) in [6, 6.07) is 4.32. The standard InChI is InChI=1S/C25H38F6N2O6/c1-15(2)17(11-16-7-8-20(37-4)21(12-16)39-10-6-9-36-3)13-18(32)19(34)14-33-22(35)23(38-5,24(26,27)28)25(29,30)31/h7-8,12,15,17-19,34H,6,9-11,13-14,32H2,1-5H3,(H,33,35)/t17-,18-,19-/m0/s1. The van der Waals surface area contributed by atoms with E-state index in [-0.39, 0.29) is 25.4 Å². The first kappa shape index (κ1) is 34.7. The van der Waals surface area contributed by atoms with Crippen molar-refractivity contribution in [2.45, 2.75) is 63.2 Å². The quantitative estimate of drug-likeness (QED) is 0.204. The van der Waals surface area contributed by atoms with Gasteiger partial charge in [0.05, 0.1) is 19.8 Å². The van der Waals surface area contributed by atoms with Crippen LogP contribution in [0.4, 0.5) is 26.3 Å². The molecule has 1 rings (SSSR count). The van der Waals surface area contributed by atoms with Crippen LogP contribution < -0.4 is 20.5 Å². The molecule has 0 saturated heterocycles. The van der Waals surface area contributed by atoms with Crippen molar-refractivity contribution in [2.75, 3.05) is 41.1 Å². The molecule has 1 aromatic rings. The Morgan fingerprint density at radius 1 is 1.03 bits per heavy atom. The number of aliphatic hydroxyl groups is 1. The number of carbonyl (C=O) groups excluding carboxylic acids is 1. The van der Waals surface area contributed by atoms with Gasteiger partial charge in [-0.3, -0.25) is 4.79 Å². The minimum absolute atomic E-state index is 0.0441. The van der Waals surface area contributed by atoms with E-state index in [0.29, 0.717) is 37.6 Å². The summed E-state index contributed by atoms with van der Waals surface area (Å²) in [6.07, 6.45) is -12.5. The summed E-state index contributed by atoms with van der Waals surface area (Å²) in [5.41, 5.74) is 1.83. The summed E-state index contributed by atoms with van der Waals surface area (Å²) < 4.78 is 99.2. The molecule has 0 aliphatic carbocycles. The fraction of sp³-hybridized carbons (Fsp3) is 0.720. The number of methoxy groups -OCH3 is 3. The number of benzene rings is 1. The Labute approximate surface area is 224 Å². The molecule has 0 spiro atoms. The van der Waals surface area contributed by atoms with Gasteiger partial charge in [0.15, 0.2) is 11.5 Å². The molecule has 0 saturated carbocycles. The first-order chi connectivity index (χ1) is 18.0. The highest BCUT2D eigenvalue weighted by molar-refractivity contribution is 5.87. The molecule has 0 heterocycles. The number of hydrogen-bond acceptors (Lipinski definition) is 7. The van der Waals surface area contributed by atoms with Gasteiger partial charge in [0.25, 0.3) is 5.91 Å². The molecular weight excluding hydrogens is 538 g/mol. The van der Waals surface area contributed by atoms with Crippen LogP contribution in [0.5, 0.6) is 11.5 Å². The normalized spacial score (nSPS) is 15.1. The van der Waals surface area contributed by atoms with Crippen molar-refractivity contribution >= 4 is 5.91 Å². The number of ether oxygens (including phenoxy) is 4. The van der Waals surface area contributed by atoms with Gasteiger partial charge >= 0.3 is 18.0 Å².